The summed E-state index contributed by atoms with van der Waals surface area (Å²) in [4.78, 5) is 14.3. The van der Waals surface area contributed by atoms with E-state index in [9.17, 15) is 9.90 Å². The fourth-order valence-electron chi connectivity index (χ4n) is 2.75. The van der Waals surface area contributed by atoms with Gasteiger partial charge in [-0.05, 0) is 49.6 Å². The number of rotatable bonds is 4. The van der Waals surface area contributed by atoms with Crippen LogP contribution >= 0.6 is 0 Å². The average molecular weight is 276 g/mol. The maximum atomic E-state index is 12.4. The molecule has 2 N–H and O–H groups in total. The quantitative estimate of drug-likeness (QED) is 0.887. The van der Waals surface area contributed by atoms with Crippen molar-refractivity contribution in [2.75, 3.05) is 19.6 Å². The maximum absolute atomic E-state index is 12.4. The van der Waals surface area contributed by atoms with Crippen LogP contribution in [0, 0.1) is 5.92 Å². The number of nitrogens with one attached hydrogen (secondary N) is 1. The monoisotopic (exact) mass is 276 g/mol. The van der Waals surface area contributed by atoms with Crippen molar-refractivity contribution in [2.24, 2.45) is 5.92 Å². The molecule has 2 unspecified atom stereocenters. The van der Waals surface area contributed by atoms with E-state index in [0.29, 0.717) is 17.5 Å². The van der Waals surface area contributed by atoms with E-state index in [1.807, 2.05) is 4.90 Å². The van der Waals surface area contributed by atoms with E-state index in [1.165, 1.54) is 0 Å². The lowest BCUT2D eigenvalue weighted by Crippen LogP contribution is -2.50. The van der Waals surface area contributed by atoms with Gasteiger partial charge in [0.2, 0.25) is 0 Å². The highest BCUT2D eigenvalue weighted by atomic mass is 16.3. The zero-order valence-corrected chi connectivity index (χ0v) is 12.3. The van der Waals surface area contributed by atoms with E-state index in [0.717, 1.165) is 32.5 Å². The van der Waals surface area contributed by atoms with Crippen molar-refractivity contribution in [3.05, 3.63) is 29.8 Å². The number of benzene rings is 1. The van der Waals surface area contributed by atoms with Gasteiger partial charge in [-0.3, -0.25) is 4.79 Å². The predicted octanol–water partition coefficient (Wildman–Crippen LogP) is 2.24. The highest BCUT2D eigenvalue weighted by Crippen LogP contribution is 2.20. The Kier molecular flexibility index (Phi) is 5.01. The summed E-state index contributed by atoms with van der Waals surface area (Å²) in [6.45, 7) is 7.00. The molecule has 0 saturated carbocycles. The molecule has 4 nitrogen and oxygen atoms in total. The van der Waals surface area contributed by atoms with Crippen LogP contribution in [0.1, 0.15) is 37.0 Å². The van der Waals surface area contributed by atoms with Gasteiger partial charge in [-0.15, -0.1) is 0 Å². The molecule has 20 heavy (non-hydrogen) atoms. The Balaban J connectivity index is 1.95. The zero-order chi connectivity index (χ0) is 14.5. The van der Waals surface area contributed by atoms with Crippen LogP contribution in [0.3, 0.4) is 0 Å². The first kappa shape index (κ1) is 14.9. The number of hydrogen-bond acceptors (Lipinski definition) is 3. The van der Waals surface area contributed by atoms with E-state index in [4.69, 9.17) is 0 Å². The van der Waals surface area contributed by atoms with Crippen molar-refractivity contribution in [3.8, 4) is 5.75 Å². The number of aromatic hydroxyl groups is 1. The van der Waals surface area contributed by atoms with Crippen LogP contribution in [0.4, 0.5) is 0 Å². The third-order valence-corrected chi connectivity index (χ3v) is 3.96. The van der Waals surface area contributed by atoms with Gasteiger partial charge in [-0.25, -0.2) is 0 Å². The number of carbonyl (C=O) groups is 1. The molecule has 4 heteroatoms. The largest absolute Gasteiger partial charge is 0.508 e. The van der Waals surface area contributed by atoms with Crippen LogP contribution in [0.25, 0.3) is 0 Å². The Morgan fingerprint density at radius 2 is 2.10 bits per heavy atom. The van der Waals surface area contributed by atoms with E-state index >= 15 is 0 Å². The molecule has 1 saturated heterocycles. The highest BCUT2D eigenvalue weighted by molar-refractivity contribution is 5.94. The molecule has 0 aromatic heterocycles. The van der Waals surface area contributed by atoms with Crippen molar-refractivity contribution in [2.45, 2.75) is 32.7 Å². The van der Waals surface area contributed by atoms with Crippen molar-refractivity contribution >= 4 is 5.91 Å². The van der Waals surface area contributed by atoms with Crippen molar-refractivity contribution in [1.82, 2.24) is 10.2 Å². The van der Waals surface area contributed by atoms with Gasteiger partial charge < -0.3 is 15.3 Å². The zero-order valence-electron chi connectivity index (χ0n) is 12.3. The first-order chi connectivity index (χ1) is 9.61. The van der Waals surface area contributed by atoms with Crippen LogP contribution in [0.5, 0.6) is 5.75 Å². The molecule has 1 heterocycles. The van der Waals surface area contributed by atoms with Gasteiger partial charge in [0, 0.05) is 24.7 Å². The molecular formula is C16H24N2O2. The molecule has 0 spiro atoms. The molecular weight excluding hydrogens is 252 g/mol. The third kappa shape index (κ3) is 3.51. The lowest BCUT2D eigenvalue weighted by atomic mass is 9.93. The Morgan fingerprint density at radius 3 is 2.70 bits per heavy atom. The summed E-state index contributed by atoms with van der Waals surface area (Å²) in [6.07, 6.45) is 2.14. The summed E-state index contributed by atoms with van der Waals surface area (Å²) in [5.41, 5.74) is 0.648. The number of nitrogens with zero attached hydrogens (tertiary/aromatic N) is 1. The number of piperidine rings is 1. The fourth-order valence-corrected chi connectivity index (χ4v) is 2.75. The Morgan fingerprint density at radius 1 is 1.40 bits per heavy atom. The first-order valence-corrected chi connectivity index (χ1v) is 7.43. The molecule has 0 bridgehead atoms. The fraction of sp³-hybridized carbons (Fsp3) is 0.562. The lowest BCUT2D eigenvalue weighted by molar-refractivity contribution is 0.0645. The Hall–Kier alpha value is -1.55. The number of hydrogen-bond donors (Lipinski definition) is 2. The Labute approximate surface area is 120 Å². The molecule has 1 amide bonds. The number of phenolic OH excluding ortho intramolecular Hbond substituents is 1. The lowest BCUT2D eigenvalue weighted by Gasteiger charge is -2.37. The van der Waals surface area contributed by atoms with E-state index in [2.05, 4.69) is 19.2 Å². The molecule has 0 radical (unpaired) electrons. The summed E-state index contributed by atoms with van der Waals surface area (Å²) >= 11 is 0. The topological polar surface area (TPSA) is 52.6 Å². The van der Waals surface area contributed by atoms with E-state index in [-0.39, 0.29) is 11.7 Å². The minimum absolute atomic E-state index is 0.0609. The summed E-state index contributed by atoms with van der Waals surface area (Å²) in [5.74, 6) is 0.722. The van der Waals surface area contributed by atoms with Crippen molar-refractivity contribution in [1.29, 1.82) is 0 Å². The second-order valence-corrected chi connectivity index (χ2v) is 5.62. The second kappa shape index (κ2) is 6.75. The standard InChI is InChI=1S/C16H24N2O2/c1-3-9-17-15-8-10-18(11-12(15)2)16(20)13-4-6-14(19)7-5-13/h4-7,12,15,17,19H,3,8-11H2,1-2H3. The van der Waals surface area contributed by atoms with E-state index < -0.39 is 0 Å². The number of amides is 1. The van der Waals surface area contributed by atoms with Gasteiger partial charge in [0.05, 0.1) is 0 Å². The number of carbonyl (C=O) groups excluding carboxylic acids is 1. The SMILES string of the molecule is CCCNC1CCN(C(=O)c2ccc(O)cc2)CC1C. The van der Waals surface area contributed by atoms with Crippen LogP contribution in [0.15, 0.2) is 24.3 Å². The number of phenols is 1. The molecule has 2 atom stereocenters. The molecule has 1 fully saturated rings. The second-order valence-electron chi connectivity index (χ2n) is 5.62. The normalized spacial score (nSPS) is 22.8. The highest BCUT2D eigenvalue weighted by Gasteiger charge is 2.28. The summed E-state index contributed by atoms with van der Waals surface area (Å²) in [7, 11) is 0. The van der Waals surface area contributed by atoms with Gasteiger partial charge in [0.25, 0.3) is 5.91 Å². The Bertz CT molecular complexity index is 444. The van der Waals surface area contributed by atoms with Gasteiger partial charge >= 0.3 is 0 Å². The summed E-state index contributed by atoms with van der Waals surface area (Å²) in [6, 6.07) is 7.00. The van der Waals surface area contributed by atoms with Crippen molar-refractivity contribution < 1.29 is 9.90 Å². The minimum atomic E-state index is 0.0609. The molecule has 110 valence electrons. The molecule has 1 aliphatic heterocycles. The van der Waals surface area contributed by atoms with Crippen molar-refractivity contribution in [3.63, 3.8) is 0 Å². The third-order valence-electron chi connectivity index (χ3n) is 3.96. The summed E-state index contributed by atoms with van der Waals surface area (Å²) in [5, 5.41) is 12.8. The van der Waals surface area contributed by atoms with E-state index in [1.54, 1.807) is 24.3 Å². The molecule has 1 aromatic rings. The van der Waals surface area contributed by atoms with Gasteiger partial charge in [0.15, 0.2) is 0 Å². The van der Waals surface area contributed by atoms with Crippen LogP contribution in [-0.2, 0) is 0 Å². The average Bonchev–Trinajstić information content (AvgIpc) is 2.46. The summed E-state index contributed by atoms with van der Waals surface area (Å²) < 4.78 is 0. The number of likely N-dealkylation sites (tertiary alicyclic amines) is 1. The van der Waals surface area contributed by atoms with Crippen LogP contribution in [0.2, 0.25) is 0 Å². The first-order valence-electron chi connectivity index (χ1n) is 7.43. The van der Waals surface area contributed by atoms with Crippen LogP contribution in [-0.4, -0.2) is 41.6 Å². The molecule has 2 rings (SSSR count). The minimum Gasteiger partial charge on any atom is -0.508 e. The molecule has 1 aromatic carbocycles. The van der Waals surface area contributed by atoms with Gasteiger partial charge in [-0.1, -0.05) is 13.8 Å². The van der Waals surface area contributed by atoms with Gasteiger partial charge in [0.1, 0.15) is 5.75 Å². The predicted molar refractivity (Wildman–Crippen MR) is 79.9 cm³/mol. The van der Waals surface area contributed by atoms with Crippen LogP contribution < -0.4 is 5.32 Å². The van der Waals surface area contributed by atoms with Gasteiger partial charge in [-0.2, -0.15) is 0 Å². The maximum Gasteiger partial charge on any atom is 0.253 e. The molecule has 1 aliphatic rings. The molecule has 0 aliphatic carbocycles. The smallest absolute Gasteiger partial charge is 0.253 e.